The van der Waals surface area contributed by atoms with E-state index in [0.29, 0.717) is 0 Å². The monoisotopic (exact) mass is 207 g/mol. The summed E-state index contributed by atoms with van der Waals surface area (Å²) < 4.78 is 11.2. The fourth-order valence-corrected chi connectivity index (χ4v) is 1.80. The fourth-order valence-electron chi connectivity index (χ4n) is 1.20. The van der Waals surface area contributed by atoms with Crippen LogP contribution in [-0.2, 0) is 0 Å². The van der Waals surface area contributed by atoms with Crippen LogP contribution in [0.4, 0.5) is 0 Å². The summed E-state index contributed by atoms with van der Waals surface area (Å²) in [6, 6.07) is 8.16. The molecule has 0 atom stereocenters. The average Bonchev–Trinajstić information content (AvgIpc) is 2.67. The van der Waals surface area contributed by atoms with Gasteiger partial charge in [-0.2, -0.15) is 0 Å². The molecule has 0 radical (unpaired) electrons. The molecule has 4 heteroatoms. The van der Waals surface area contributed by atoms with Crippen LogP contribution in [0.25, 0.3) is 5.69 Å². The Hall–Kier alpha value is -1.42. The molecule has 0 aliphatic heterocycles. The molecule has 0 amide bonds. The molecule has 0 fully saturated rings. The van der Waals surface area contributed by atoms with Gasteiger partial charge in [0.2, 0.25) is 5.69 Å². The van der Waals surface area contributed by atoms with Gasteiger partial charge in [-0.3, -0.25) is 0 Å². The molecule has 0 bridgehead atoms. The molecule has 1 heterocycles. The summed E-state index contributed by atoms with van der Waals surface area (Å²) >= 11 is 1.38. The molecule has 1 aromatic carbocycles. The van der Waals surface area contributed by atoms with Gasteiger partial charge in [-0.15, -0.1) is 0 Å². The van der Waals surface area contributed by atoms with Crippen LogP contribution in [0.2, 0.25) is 0 Å². The molecule has 0 saturated heterocycles. The van der Waals surface area contributed by atoms with Crippen molar-refractivity contribution in [2.75, 3.05) is 7.11 Å². The smallest absolute Gasteiger partial charge is 0.412 e. The number of methoxy groups -OCH3 is 1. The van der Waals surface area contributed by atoms with Gasteiger partial charge in [0, 0.05) is 28.3 Å². The highest BCUT2D eigenvalue weighted by Gasteiger charge is 2.17. The molecule has 72 valence electrons. The maximum atomic E-state index is 5.18. The summed E-state index contributed by atoms with van der Waals surface area (Å²) in [7, 11) is 1.65. The summed E-state index contributed by atoms with van der Waals surface area (Å²) in [5.74, 6) is 0.763. The van der Waals surface area contributed by atoms with Crippen LogP contribution in [0.1, 0.15) is 5.56 Å². The zero-order valence-corrected chi connectivity index (χ0v) is 8.91. The quantitative estimate of drug-likeness (QED) is 0.701. The second-order valence-electron chi connectivity index (χ2n) is 2.99. The second kappa shape index (κ2) is 3.75. The molecule has 0 unspecified atom stereocenters. The summed E-state index contributed by atoms with van der Waals surface area (Å²) in [6.07, 6.45) is 0. The topological polar surface area (TPSA) is 26.0 Å². The van der Waals surface area contributed by atoms with E-state index in [0.717, 1.165) is 11.6 Å². The molecule has 0 saturated carbocycles. The molecule has 14 heavy (non-hydrogen) atoms. The van der Waals surface area contributed by atoms with Gasteiger partial charge in [-0.05, 0) is 6.92 Å². The van der Waals surface area contributed by atoms with Crippen molar-refractivity contribution in [2.45, 2.75) is 6.92 Å². The van der Waals surface area contributed by atoms with E-state index in [-0.39, 0.29) is 0 Å². The van der Waals surface area contributed by atoms with Crippen molar-refractivity contribution in [1.82, 2.24) is 4.49 Å². The first-order valence-electron chi connectivity index (χ1n) is 4.29. The molecule has 2 aromatic rings. The zero-order chi connectivity index (χ0) is 9.97. The SMILES string of the molecule is COc1csn[n+]1-c1ccc(C)cc1. The van der Waals surface area contributed by atoms with Crippen molar-refractivity contribution in [3.05, 3.63) is 35.2 Å². The zero-order valence-electron chi connectivity index (χ0n) is 8.10. The highest BCUT2D eigenvalue weighted by atomic mass is 32.1. The lowest BCUT2D eigenvalue weighted by Gasteiger charge is -1.93. The summed E-state index contributed by atoms with van der Waals surface area (Å²) in [5.41, 5.74) is 2.26. The first-order chi connectivity index (χ1) is 6.81. The molecular weight excluding hydrogens is 196 g/mol. The van der Waals surface area contributed by atoms with E-state index in [1.54, 1.807) is 11.8 Å². The standard InChI is InChI=1S/C10H11N2OS/c1-8-3-5-9(6-4-8)12-10(13-2)7-14-11-12/h3-7H,1-2H3/q+1. The van der Waals surface area contributed by atoms with E-state index >= 15 is 0 Å². The number of hydrogen-bond acceptors (Lipinski definition) is 3. The van der Waals surface area contributed by atoms with Crippen molar-refractivity contribution in [2.24, 2.45) is 0 Å². The molecule has 0 aliphatic rings. The van der Waals surface area contributed by atoms with Gasteiger partial charge in [-0.1, -0.05) is 17.7 Å². The van der Waals surface area contributed by atoms with Crippen LogP contribution in [0.5, 0.6) is 5.88 Å². The average molecular weight is 207 g/mol. The summed E-state index contributed by atoms with van der Waals surface area (Å²) in [5, 5.41) is 1.87. The third-order valence-corrected chi connectivity index (χ3v) is 2.54. The van der Waals surface area contributed by atoms with Crippen LogP contribution in [-0.4, -0.2) is 11.6 Å². The van der Waals surface area contributed by atoms with Gasteiger partial charge >= 0.3 is 5.88 Å². The minimum absolute atomic E-state index is 0.763. The van der Waals surface area contributed by atoms with Gasteiger partial charge in [0.25, 0.3) is 0 Å². The van der Waals surface area contributed by atoms with Crippen molar-refractivity contribution in [3.8, 4) is 11.6 Å². The predicted octanol–water partition coefficient (Wildman–Crippen LogP) is 1.74. The Kier molecular flexibility index (Phi) is 2.45. The Morgan fingerprint density at radius 2 is 2.00 bits per heavy atom. The molecule has 1 aromatic heterocycles. The van der Waals surface area contributed by atoms with E-state index in [4.69, 9.17) is 4.74 Å². The number of ether oxygens (including phenoxy) is 1. The van der Waals surface area contributed by atoms with Gasteiger partial charge in [0.1, 0.15) is 5.38 Å². The number of aromatic nitrogens is 2. The molecule has 3 nitrogen and oxygen atoms in total. The maximum absolute atomic E-state index is 5.18. The Morgan fingerprint density at radius 3 is 2.64 bits per heavy atom. The number of benzene rings is 1. The molecular formula is C10H11N2OS+. The van der Waals surface area contributed by atoms with Gasteiger partial charge in [-0.25, -0.2) is 0 Å². The van der Waals surface area contributed by atoms with E-state index in [1.807, 2.05) is 17.5 Å². The number of hydrogen-bond donors (Lipinski definition) is 0. The maximum Gasteiger partial charge on any atom is 0.412 e. The van der Waals surface area contributed by atoms with Crippen molar-refractivity contribution in [1.29, 1.82) is 0 Å². The van der Waals surface area contributed by atoms with Crippen LogP contribution in [0.3, 0.4) is 0 Å². The highest BCUT2D eigenvalue weighted by molar-refractivity contribution is 7.03. The number of nitrogens with zero attached hydrogens (tertiary/aromatic N) is 2. The largest absolute Gasteiger partial charge is 0.445 e. The first-order valence-corrected chi connectivity index (χ1v) is 5.12. The summed E-state index contributed by atoms with van der Waals surface area (Å²) in [4.78, 5) is 0. The third kappa shape index (κ3) is 1.61. The van der Waals surface area contributed by atoms with E-state index < -0.39 is 0 Å². The van der Waals surface area contributed by atoms with Gasteiger partial charge < -0.3 is 4.74 Å². The Labute approximate surface area is 86.7 Å². The lowest BCUT2D eigenvalue weighted by molar-refractivity contribution is -0.656. The normalized spacial score (nSPS) is 10.1. The Bertz CT molecular complexity index is 422. The van der Waals surface area contributed by atoms with Crippen LogP contribution in [0.15, 0.2) is 29.6 Å². The van der Waals surface area contributed by atoms with Gasteiger partial charge in [0.15, 0.2) is 0 Å². The van der Waals surface area contributed by atoms with Crippen LogP contribution >= 0.6 is 11.5 Å². The minimum atomic E-state index is 0.763. The molecule has 0 spiro atoms. The third-order valence-electron chi connectivity index (χ3n) is 1.98. The molecule has 0 N–H and O–H groups in total. The molecule has 0 aliphatic carbocycles. The van der Waals surface area contributed by atoms with Crippen molar-refractivity contribution in [3.63, 3.8) is 0 Å². The molecule has 2 rings (SSSR count). The Morgan fingerprint density at radius 1 is 1.29 bits per heavy atom. The minimum Gasteiger partial charge on any atom is -0.445 e. The van der Waals surface area contributed by atoms with Crippen LogP contribution < -0.4 is 9.42 Å². The van der Waals surface area contributed by atoms with Gasteiger partial charge in [0.05, 0.1) is 11.6 Å². The highest BCUT2D eigenvalue weighted by Crippen LogP contribution is 2.09. The van der Waals surface area contributed by atoms with E-state index in [2.05, 4.69) is 23.5 Å². The van der Waals surface area contributed by atoms with Crippen molar-refractivity contribution < 1.29 is 9.42 Å². The lowest BCUT2D eigenvalue weighted by atomic mass is 10.2. The second-order valence-corrected chi connectivity index (χ2v) is 3.60. The Balaban J connectivity index is 2.44. The van der Waals surface area contributed by atoms with E-state index in [1.165, 1.54) is 17.1 Å². The predicted molar refractivity (Wildman–Crippen MR) is 54.9 cm³/mol. The summed E-state index contributed by atoms with van der Waals surface area (Å²) in [6.45, 7) is 2.06. The number of rotatable bonds is 2. The van der Waals surface area contributed by atoms with Crippen LogP contribution in [0, 0.1) is 6.92 Å². The fraction of sp³-hybridized carbons (Fsp3) is 0.200. The lowest BCUT2D eigenvalue weighted by Crippen LogP contribution is -2.33. The van der Waals surface area contributed by atoms with Crippen molar-refractivity contribution >= 4 is 11.5 Å². The van der Waals surface area contributed by atoms with E-state index in [9.17, 15) is 0 Å². The number of aryl methyl sites for hydroxylation is 1. The first kappa shape index (κ1) is 9.15.